The minimum atomic E-state index is -0.0733. The van der Waals surface area contributed by atoms with Crippen molar-refractivity contribution >= 4 is 28.4 Å². The van der Waals surface area contributed by atoms with Crippen molar-refractivity contribution in [3.8, 4) is 0 Å². The maximum absolute atomic E-state index is 13.4. The van der Waals surface area contributed by atoms with Gasteiger partial charge in [0.1, 0.15) is 0 Å². The van der Waals surface area contributed by atoms with E-state index in [-0.39, 0.29) is 32.3 Å². The van der Waals surface area contributed by atoms with Crippen LogP contribution in [0.25, 0.3) is 10.9 Å². The molecule has 2 amide bonds. The van der Waals surface area contributed by atoms with Crippen LogP contribution in [0.15, 0.2) is 42.6 Å². The van der Waals surface area contributed by atoms with Gasteiger partial charge in [-0.2, -0.15) is 5.10 Å². The van der Waals surface area contributed by atoms with Gasteiger partial charge in [0.15, 0.2) is 0 Å². The first-order valence-electron chi connectivity index (χ1n) is 12.4. The number of hydrazine groups is 1. The van der Waals surface area contributed by atoms with Gasteiger partial charge in [-0.05, 0) is 42.2 Å². The summed E-state index contributed by atoms with van der Waals surface area (Å²) in [5.74, 6) is -0.127. The number of carbonyl (C=O) groups excluding carboxylic acids is 2. The van der Waals surface area contributed by atoms with Crippen LogP contribution in [0, 0.1) is 6.92 Å². The number of rotatable bonds is 10. The molecule has 4 rings (SSSR count). The Labute approximate surface area is 214 Å². The lowest BCUT2D eigenvalue weighted by atomic mass is 10.1. The van der Waals surface area contributed by atoms with E-state index in [1.807, 2.05) is 60.0 Å². The van der Waals surface area contributed by atoms with Crippen molar-refractivity contribution in [2.24, 2.45) is 7.05 Å². The fraction of sp³-hybridized carbons (Fsp3) is 0.464. The molecule has 0 saturated heterocycles. The molecule has 2 heterocycles. The number of aromatic nitrogens is 2. The Kier molecular flexibility index (Phi) is 9.09. The standard InChI is InChI=1S/C27H36N6O2.CH4/c1-5-6-9-12-28-26(34)18-32(24-14-23-15-29-30(3)25(23)13-20(24)2)19-27(35)31(4)33-16-21-10-7-8-11-22(21)17-33;/h7-8,10-11,13-15H,5-6,9,12,16-19H2,1-4H3,(H,28,34);1H4. The Morgan fingerprint density at radius 1 is 1.08 bits per heavy atom. The molecule has 8 nitrogen and oxygen atoms in total. The average Bonchev–Trinajstić information content (AvgIpc) is 3.44. The number of benzene rings is 2. The second-order valence-corrected chi connectivity index (χ2v) is 9.39. The molecule has 1 aliphatic rings. The summed E-state index contributed by atoms with van der Waals surface area (Å²) in [7, 11) is 3.73. The van der Waals surface area contributed by atoms with Crippen LogP contribution in [-0.2, 0) is 29.7 Å². The van der Waals surface area contributed by atoms with E-state index in [1.165, 1.54) is 11.1 Å². The molecule has 0 bridgehead atoms. The lowest BCUT2D eigenvalue weighted by Crippen LogP contribution is -2.48. The first-order valence-corrected chi connectivity index (χ1v) is 12.4. The first-order chi connectivity index (χ1) is 16.9. The summed E-state index contributed by atoms with van der Waals surface area (Å²) in [5.41, 5.74) is 5.39. The molecule has 1 aromatic heterocycles. The van der Waals surface area contributed by atoms with Gasteiger partial charge in [-0.15, -0.1) is 0 Å². The summed E-state index contributed by atoms with van der Waals surface area (Å²) in [4.78, 5) is 28.1. The molecule has 0 radical (unpaired) electrons. The number of fused-ring (bicyclic) bond motifs is 2. The third kappa shape index (κ3) is 6.05. The van der Waals surface area contributed by atoms with Crippen molar-refractivity contribution in [1.29, 1.82) is 0 Å². The Balaban J connectivity index is 0.00000361. The highest BCUT2D eigenvalue weighted by Crippen LogP contribution is 2.27. The number of carbonyl (C=O) groups is 2. The van der Waals surface area contributed by atoms with Crippen molar-refractivity contribution in [1.82, 2.24) is 25.1 Å². The van der Waals surface area contributed by atoms with E-state index in [9.17, 15) is 9.59 Å². The van der Waals surface area contributed by atoms with E-state index >= 15 is 0 Å². The molecule has 0 atom stereocenters. The third-order valence-electron chi connectivity index (χ3n) is 6.78. The van der Waals surface area contributed by atoms with Crippen molar-refractivity contribution in [3.63, 3.8) is 0 Å². The quantitative estimate of drug-likeness (QED) is 0.433. The number of nitrogens with one attached hydrogen (secondary N) is 1. The maximum Gasteiger partial charge on any atom is 0.256 e. The lowest BCUT2D eigenvalue weighted by Gasteiger charge is -2.32. The van der Waals surface area contributed by atoms with Crippen LogP contribution in [0.1, 0.15) is 50.3 Å². The van der Waals surface area contributed by atoms with Gasteiger partial charge in [0, 0.05) is 44.8 Å². The zero-order valence-electron chi connectivity index (χ0n) is 21.3. The summed E-state index contributed by atoms with van der Waals surface area (Å²) in [6.07, 6.45) is 4.96. The molecule has 8 heteroatoms. The topological polar surface area (TPSA) is 73.7 Å². The van der Waals surface area contributed by atoms with Crippen molar-refractivity contribution < 1.29 is 9.59 Å². The Hall–Kier alpha value is -3.39. The van der Waals surface area contributed by atoms with Crippen LogP contribution in [-0.4, -0.2) is 58.3 Å². The third-order valence-corrected chi connectivity index (χ3v) is 6.78. The summed E-state index contributed by atoms with van der Waals surface area (Å²) >= 11 is 0. The number of unbranched alkanes of at least 4 members (excludes halogenated alkanes) is 2. The van der Waals surface area contributed by atoms with Crippen molar-refractivity contribution in [2.45, 2.75) is 53.6 Å². The molecule has 0 fully saturated rings. The second-order valence-electron chi connectivity index (χ2n) is 9.39. The summed E-state index contributed by atoms with van der Waals surface area (Å²) < 4.78 is 1.83. The van der Waals surface area contributed by atoms with E-state index < -0.39 is 0 Å². The van der Waals surface area contributed by atoms with Crippen LogP contribution in [0.5, 0.6) is 0 Å². The van der Waals surface area contributed by atoms with Crippen LogP contribution in [0.3, 0.4) is 0 Å². The van der Waals surface area contributed by atoms with Gasteiger partial charge in [0.25, 0.3) is 5.91 Å². The van der Waals surface area contributed by atoms with Gasteiger partial charge < -0.3 is 10.2 Å². The van der Waals surface area contributed by atoms with E-state index in [4.69, 9.17) is 0 Å². The molecule has 36 heavy (non-hydrogen) atoms. The molecule has 1 aliphatic heterocycles. The van der Waals surface area contributed by atoms with Gasteiger partial charge in [-0.1, -0.05) is 51.5 Å². The first kappa shape index (κ1) is 27.2. The zero-order chi connectivity index (χ0) is 24.9. The molecule has 1 N–H and O–H groups in total. The highest BCUT2D eigenvalue weighted by Gasteiger charge is 2.27. The normalized spacial score (nSPS) is 12.8. The summed E-state index contributed by atoms with van der Waals surface area (Å²) in [5, 5.41) is 12.1. The molecular formula is C28H40N6O2. The lowest BCUT2D eigenvalue weighted by molar-refractivity contribution is -0.145. The van der Waals surface area contributed by atoms with Crippen LogP contribution in [0.4, 0.5) is 5.69 Å². The maximum atomic E-state index is 13.4. The SMILES string of the molecule is C.CCCCCNC(=O)CN(CC(=O)N(C)N1Cc2ccccc2C1)c1cc2cnn(C)c2cc1C. The predicted molar refractivity (Wildman–Crippen MR) is 145 cm³/mol. The molecule has 0 aliphatic carbocycles. The fourth-order valence-electron chi connectivity index (χ4n) is 4.64. The number of hydrogen-bond acceptors (Lipinski definition) is 5. The summed E-state index contributed by atoms with van der Waals surface area (Å²) in [6.45, 7) is 6.45. The van der Waals surface area contributed by atoms with Crippen LogP contribution >= 0.6 is 0 Å². The molecule has 0 spiro atoms. The summed E-state index contributed by atoms with van der Waals surface area (Å²) in [6, 6.07) is 12.4. The van der Waals surface area contributed by atoms with E-state index in [0.29, 0.717) is 19.6 Å². The van der Waals surface area contributed by atoms with Crippen LogP contribution < -0.4 is 10.2 Å². The molecule has 0 unspecified atom stereocenters. The van der Waals surface area contributed by atoms with E-state index in [2.05, 4.69) is 35.5 Å². The van der Waals surface area contributed by atoms with E-state index in [0.717, 1.165) is 41.4 Å². The number of amides is 2. The average molecular weight is 493 g/mol. The number of aryl methyl sites for hydroxylation is 2. The van der Waals surface area contributed by atoms with E-state index in [1.54, 1.807) is 5.01 Å². The van der Waals surface area contributed by atoms with Gasteiger partial charge in [0.05, 0.1) is 24.8 Å². The molecule has 194 valence electrons. The van der Waals surface area contributed by atoms with Crippen molar-refractivity contribution in [2.75, 3.05) is 31.6 Å². The molecule has 0 saturated carbocycles. The molecule has 3 aromatic rings. The minimum absolute atomic E-state index is 0. The Bertz CT molecular complexity index is 1180. The second kappa shape index (κ2) is 12.0. The predicted octanol–water partition coefficient (Wildman–Crippen LogP) is 4.02. The van der Waals surface area contributed by atoms with Crippen LogP contribution in [0.2, 0.25) is 0 Å². The monoisotopic (exact) mass is 492 g/mol. The molecule has 2 aromatic carbocycles. The largest absolute Gasteiger partial charge is 0.355 e. The van der Waals surface area contributed by atoms with Gasteiger partial charge in [-0.25, -0.2) is 5.01 Å². The number of likely N-dealkylation sites (N-methyl/N-ethyl adjacent to an activating group) is 1. The Morgan fingerprint density at radius 2 is 1.78 bits per heavy atom. The van der Waals surface area contributed by atoms with Gasteiger partial charge in [-0.3, -0.25) is 19.3 Å². The fourth-order valence-corrected chi connectivity index (χ4v) is 4.64. The number of hydrogen-bond donors (Lipinski definition) is 1. The number of nitrogens with zero attached hydrogens (tertiary/aromatic N) is 5. The zero-order valence-corrected chi connectivity index (χ0v) is 21.3. The smallest absolute Gasteiger partial charge is 0.256 e. The minimum Gasteiger partial charge on any atom is -0.355 e. The van der Waals surface area contributed by atoms with Gasteiger partial charge >= 0.3 is 0 Å². The molecular weight excluding hydrogens is 452 g/mol. The highest BCUT2D eigenvalue weighted by atomic mass is 16.2. The van der Waals surface area contributed by atoms with Gasteiger partial charge in [0.2, 0.25) is 5.91 Å². The van der Waals surface area contributed by atoms with Crippen molar-refractivity contribution in [3.05, 3.63) is 59.3 Å². The number of anilines is 1. The Morgan fingerprint density at radius 3 is 2.44 bits per heavy atom. The highest BCUT2D eigenvalue weighted by molar-refractivity contribution is 5.90.